The third kappa shape index (κ3) is 6.95. The van der Waals surface area contributed by atoms with E-state index in [4.69, 9.17) is 16.3 Å². The van der Waals surface area contributed by atoms with Crippen molar-refractivity contribution in [3.05, 3.63) is 40.9 Å². The first kappa shape index (κ1) is 16.2. The van der Waals surface area contributed by atoms with Crippen molar-refractivity contribution in [2.75, 3.05) is 13.2 Å². The number of nitrogens with one attached hydrogen (secondary N) is 1. The second kappa shape index (κ2) is 9.15. The highest BCUT2D eigenvalue weighted by Crippen LogP contribution is 2.11. The van der Waals surface area contributed by atoms with Crippen molar-refractivity contribution < 1.29 is 14.3 Å². The molecule has 20 heavy (non-hydrogen) atoms. The molecule has 0 saturated heterocycles. The van der Waals surface area contributed by atoms with Crippen LogP contribution in [0, 0.1) is 0 Å². The zero-order valence-electron chi connectivity index (χ0n) is 11.4. The van der Waals surface area contributed by atoms with E-state index in [0.29, 0.717) is 31.0 Å². The Morgan fingerprint density at radius 1 is 1.40 bits per heavy atom. The normalized spacial score (nSPS) is 10.5. The molecule has 1 N–H and O–H groups in total. The van der Waals surface area contributed by atoms with Crippen LogP contribution >= 0.6 is 11.6 Å². The van der Waals surface area contributed by atoms with Gasteiger partial charge in [0.2, 0.25) is 5.91 Å². The molecule has 1 rings (SSSR count). The van der Waals surface area contributed by atoms with Crippen LogP contribution in [0.3, 0.4) is 0 Å². The monoisotopic (exact) mass is 295 g/mol. The minimum atomic E-state index is -0.240. The van der Waals surface area contributed by atoms with Gasteiger partial charge in [0.1, 0.15) is 0 Å². The van der Waals surface area contributed by atoms with Crippen LogP contribution in [0.1, 0.15) is 25.3 Å². The fraction of sp³-hybridized carbons (Fsp3) is 0.333. The molecular weight excluding hydrogens is 278 g/mol. The Morgan fingerprint density at radius 3 is 2.90 bits per heavy atom. The maximum Gasteiger partial charge on any atom is 0.305 e. The van der Waals surface area contributed by atoms with Crippen molar-refractivity contribution in [1.29, 1.82) is 0 Å². The molecular formula is C15H18ClNO3. The standard InChI is InChI=1S/C15H18ClNO3/c1-2-20-15(19)7-4-10-17-14(18)9-8-12-5-3-6-13(16)11-12/h3,5-6,8-9,11H,2,4,7,10H2,1H3,(H,17,18). The molecule has 0 unspecified atom stereocenters. The number of hydrogen-bond donors (Lipinski definition) is 1. The number of hydrogen-bond acceptors (Lipinski definition) is 3. The average molecular weight is 296 g/mol. The lowest BCUT2D eigenvalue weighted by Crippen LogP contribution is -2.22. The number of carbonyl (C=O) groups excluding carboxylic acids is 2. The van der Waals surface area contributed by atoms with Crippen LogP contribution in [0.5, 0.6) is 0 Å². The Labute approximate surface area is 123 Å². The molecule has 4 nitrogen and oxygen atoms in total. The SMILES string of the molecule is CCOC(=O)CCCNC(=O)C=Cc1cccc(Cl)c1. The molecule has 1 amide bonds. The highest BCUT2D eigenvalue weighted by molar-refractivity contribution is 6.30. The number of halogens is 1. The lowest BCUT2D eigenvalue weighted by molar-refractivity contribution is -0.143. The van der Waals surface area contributed by atoms with Crippen LogP contribution in [0.4, 0.5) is 0 Å². The number of esters is 1. The molecule has 0 atom stereocenters. The lowest BCUT2D eigenvalue weighted by Gasteiger charge is -2.02. The first-order valence-electron chi connectivity index (χ1n) is 6.49. The van der Waals surface area contributed by atoms with Crippen LogP contribution in [0.15, 0.2) is 30.3 Å². The van der Waals surface area contributed by atoms with Crippen molar-refractivity contribution in [2.45, 2.75) is 19.8 Å². The number of carbonyl (C=O) groups is 2. The second-order valence-electron chi connectivity index (χ2n) is 4.09. The zero-order valence-corrected chi connectivity index (χ0v) is 12.2. The first-order valence-corrected chi connectivity index (χ1v) is 6.86. The van der Waals surface area contributed by atoms with Crippen LogP contribution in [-0.4, -0.2) is 25.0 Å². The second-order valence-corrected chi connectivity index (χ2v) is 4.52. The molecule has 0 spiro atoms. The van der Waals surface area contributed by atoms with E-state index in [9.17, 15) is 9.59 Å². The van der Waals surface area contributed by atoms with Gasteiger partial charge in [-0.05, 0) is 37.1 Å². The van der Waals surface area contributed by atoms with Gasteiger partial charge in [0.05, 0.1) is 6.61 Å². The van der Waals surface area contributed by atoms with Crippen molar-refractivity contribution in [3.63, 3.8) is 0 Å². The van der Waals surface area contributed by atoms with E-state index in [1.165, 1.54) is 6.08 Å². The summed E-state index contributed by atoms with van der Waals surface area (Å²) in [5.41, 5.74) is 0.860. The summed E-state index contributed by atoms with van der Waals surface area (Å²) in [7, 11) is 0. The van der Waals surface area contributed by atoms with E-state index >= 15 is 0 Å². The Bertz CT molecular complexity index is 486. The summed E-state index contributed by atoms with van der Waals surface area (Å²) in [6.07, 6.45) is 4.00. The van der Waals surface area contributed by atoms with Crippen LogP contribution in [-0.2, 0) is 14.3 Å². The Kier molecular flexibility index (Phi) is 7.43. The Balaban J connectivity index is 2.25. The summed E-state index contributed by atoms with van der Waals surface area (Å²) < 4.78 is 4.79. The van der Waals surface area contributed by atoms with Gasteiger partial charge in [0, 0.05) is 24.1 Å². The largest absolute Gasteiger partial charge is 0.466 e. The van der Waals surface area contributed by atoms with Gasteiger partial charge in [-0.3, -0.25) is 9.59 Å². The zero-order chi connectivity index (χ0) is 14.8. The summed E-state index contributed by atoms with van der Waals surface area (Å²) in [6, 6.07) is 7.22. The van der Waals surface area contributed by atoms with E-state index in [1.54, 1.807) is 25.1 Å². The van der Waals surface area contributed by atoms with Gasteiger partial charge in [0.15, 0.2) is 0 Å². The molecule has 1 aromatic carbocycles. The van der Waals surface area contributed by atoms with Gasteiger partial charge in [-0.25, -0.2) is 0 Å². The van der Waals surface area contributed by atoms with Gasteiger partial charge in [-0.15, -0.1) is 0 Å². The van der Waals surface area contributed by atoms with E-state index < -0.39 is 0 Å². The maximum atomic E-state index is 11.5. The van der Waals surface area contributed by atoms with Crippen LogP contribution < -0.4 is 5.32 Å². The molecule has 108 valence electrons. The number of rotatable bonds is 7. The summed E-state index contributed by atoms with van der Waals surface area (Å²) in [5.74, 6) is -0.440. The minimum Gasteiger partial charge on any atom is -0.466 e. The molecule has 0 fully saturated rings. The molecule has 0 bridgehead atoms. The molecule has 0 heterocycles. The highest BCUT2D eigenvalue weighted by atomic mass is 35.5. The van der Waals surface area contributed by atoms with Gasteiger partial charge < -0.3 is 10.1 Å². The Morgan fingerprint density at radius 2 is 2.20 bits per heavy atom. The lowest BCUT2D eigenvalue weighted by atomic mass is 10.2. The van der Waals surface area contributed by atoms with Crippen LogP contribution in [0.2, 0.25) is 5.02 Å². The van der Waals surface area contributed by atoms with Crippen molar-refractivity contribution in [3.8, 4) is 0 Å². The minimum absolute atomic E-state index is 0.200. The topological polar surface area (TPSA) is 55.4 Å². The van der Waals surface area contributed by atoms with Gasteiger partial charge in [-0.1, -0.05) is 23.7 Å². The van der Waals surface area contributed by atoms with E-state index in [2.05, 4.69) is 5.32 Å². The van der Waals surface area contributed by atoms with Gasteiger partial charge >= 0.3 is 5.97 Å². The fourth-order valence-corrected chi connectivity index (χ4v) is 1.72. The third-order valence-electron chi connectivity index (χ3n) is 2.44. The third-order valence-corrected chi connectivity index (χ3v) is 2.67. The summed E-state index contributed by atoms with van der Waals surface area (Å²) >= 11 is 5.84. The Hall–Kier alpha value is -1.81. The maximum absolute atomic E-state index is 11.5. The molecule has 0 saturated carbocycles. The average Bonchev–Trinajstić information content (AvgIpc) is 2.42. The fourth-order valence-electron chi connectivity index (χ4n) is 1.52. The van der Waals surface area contributed by atoms with Gasteiger partial charge in [0.25, 0.3) is 0 Å². The van der Waals surface area contributed by atoms with Crippen LogP contribution in [0.25, 0.3) is 6.08 Å². The predicted octanol–water partition coefficient (Wildman–Crippen LogP) is 2.81. The number of ether oxygens (including phenoxy) is 1. The quantitative estimate of drug-likeness (QED) is 0.478. The molecule has 0 aliphatic carbocycles. The molecule has 0 radical (unpaired) electrons. The molecule has 0 aromatic heterocycles. The number of benzene rings is 1. The summed E-state index contributed by atoms with van der Waals surface area (Å²) in [6.45, 7) is 2.59. The van der Waals surface area contributed by atoms with E-state index in [1.807, 2.05) is 12.1 Å². The van der Waals surface area contributed by atoms with Crippen molar-refractivity contribution in [2.24, 2.45) is 0 Å². The number of amides is 1. The molecule has 0 aliphatic heterocycles. The molecule has 5 heteroatoms. The van der Waals surface area contributed by atoms with E-state index in [0.717, 1.165) is 5.56 Å². The van der Waals surface area contributed by atoms with Gasteiger partial charge in [-0.2, -0.15) is 0 Å². The summed E-state index contributed by atoms with van der Waals surface area (Å²) in [5, 5.41) is 3.33. The molecule has 1 aromatic rings. The molecule has 0 aliphatic rings. The smallest absolute Gasteiger partial charge is 0.305 e. The van der Waals surface area contributed by atoms with E-state index in [-0.39, 0.29) is 11.9 Å². The first-order chi connectivity index (χ1) is 9.61. The highest BCUT2D eigenvalue weighted by Gasteiger charge is 2.01. The predicted molar refractivity (Wildman–Crippen MR) is 79.4 cm³/mol. The van der Waals surface area contributed by atoms with Crippen molar-refractivity contribution >= 4 is 29.6 Å². The van der Waals surface area contributed by atoms with Crippen molar-refractivity contribution in [1.82, 2.24) is 5.32 Å². The summed E-state index contributed by atoms with van der Waals surface area (Å²) in [4.78, 5) is 22.6.